The summed E-state index contributed by atoms with van der Waals surface area (Å²) in [6.07, 6.45) is 8.49. The highest BCUT2D eigenvalue weighted by Gasteiger charge is 2.36. The molecule has 5 nitrogen and oxygen atoms in total. The maximum absolute atomic E-state index is 13.0. The number of anilines is 1. The van der Waals surface area contributed by atoms with Crippen LogP contribution in [0.5, 0.6) is 0 Å². The van der Waals surface area contributed by atoms with Gasteiger partial charge in [0.15, 0.2) is 12.1 Å². The highest BCUT2D eigenvalue weighted by Crippen LogP contribution is 2.43. The molecular weight excluding hydrogens is 418 g/mol. The molecule has 0 unspecified atom stereocenters. The van der Waals surface area contributed by atoms with E-state index in [1.54, 1.807) is 11.3 Å². The minimum Gasteiger partial charge on any atom is -0.382 e. The third-order valence-electron chi connectivity index (χ3n) is 6.63. The van der Waals surface area contributed by atoms with Crippen LogP contribution in [0.2, 0.25) is 0 Å². The fourth-order valence-corrected chi connectivity index (χ4v) is 6.17. The van der Waals surface area contributed by atoms with E-state index in [9.17, 15) is 9.59 Å². The molecule has 170 valence electrons. The van der Waals surface area contributed by atoms with Crippen molar-refractivity contribution in [3.05, 3.63) is 46.5 Å². The number of benzene rings is 1. The average molecular weight is 452 g/mol. The van der Waals surface area contributed by atoms with Crippen molar-refractivity contribution in [2.24, 2.45) is 11.1 Å². The lowest BCUT2D eigenvalue weighted by Gasteiger charge is -2.30. The van der Waals surface area contributed by atoms with E-state index < -0.39 is 0 Å². The van der Waals surface area contributed by atoms with Crippen LogP contribution >= 0.6 is 11.3 Å². The van der Waals surface area contributed by atoms with Crippen LogP contribution in [0.25, 0.3) is 15.9 Å². The molecule has 0 radical (unpaired) electrons. The second-order valence-electron chi connectivity index (χ2n) is 9.61. The van der Waals surface area contributed by atoms with E-state index in [4.69, 9.17) is 0 Å². The van der Waals surface area contributed by atoms with Gasteiger partial charge in [0.05, 0.1) is 0 Å². The number of aldehydes is 1. The molecule has 1 fully saturated rings. The van der Waals surface area contributed by atoms with Crippen molar-refractivity contribution in [1.29, 1.82) is 0 Å². The van der Waals surface area contributed by atoms with Crippen molar-refractivity contribution in [1.82, 2.24) is 4.57 Å². The first kappa shape index (κ1) is 22.7. The lowest BCUT2D eigenvalue weighted by atomic mass is 9.76. The molecule has 1 aromatic carbocycles. The summed E-state index contributed by atoms with van der Waals surface area (Å²) in [5.74, 6) is 0.244. The number of hydrogen-bond acceptors (Lipinski definition) is 5. The number of aromatic nitrogens is 1. The predicted molar refractivity (Wildman–Crippen MR) is 134 cm³/mol. The van der Waals surface area contributed by atoms with Crippen molar-refractivity contribution in [2.75, 3.05) is 12.4 Å². The van der Waals surface area contributed by atoms with E-state index in [1.165, 1.54) is 26.3 Å². The van der Waals surface area contributed by atoms with Crippen LogP contribution in [0.15, 0.2) is 29.6 Å². The molecular formula is C26H33N3O2S. The first-order chi connectivity index (χ1) is 15.5. The Bertz CT molecular complexity index is 1140. The zero-order chi connectivity index (χ0) is 22.9. The molecule has 3 N–H and O–H groups in total. The Morgan fingerprint density at radius 1 is 1.12 bits per heavy atom. The van der Waals surface area contributed by atoms with Gasteiger partial charge in [-0.15, -0.1) is 11.3 Å². The number of carbonyl (C=O) groups excluding carboxylic acids is 2. The monoisotopic (exact) mass is 451 g/mol. The van der Waals surface area contributed by atoms with Crippen molar-refractivity contribution < 1.29 is 9.59 Å². The first-order valence-corrected chi connectivity index (χ1v) is 12.4. The van der Waals surface area contributed by atoms with Gasteiger partial charge < -0.3 is 15.6 Å². The largest absolute Gasteiger partial charge is 0.382 e. The number of hydrogen-bond donors (Lipinski definition) is 2. The first-order valence-electron chi connectivity index (χ1n) is 11.5. The zero-order valence-electron chi connectivity index (χ0n) is 19.2. The van der Waals surface area contributed by atoms with Crippen molar-refractivity contribution in [3.8, 4) is 5.69 Å². The summed E-state index contributed by atoms with van der Waals surface area (Å²) in [6, 6.07) is 8.53. The number of nitrogens with two attached hydrogens (primary N) is 1. The van der Waals surface area contributed by atoms with E-state index >= 15 is 0 Å². The molecule has 2 heterocycles. The van der Waals surface area contributed by atoms with Gasteiger partial charge >= 0.3 is 0 Å². The van der Waals surface area contributed by atoms with E-state index in [0.717, 1.165) is 58.4 Å². The Hall–Kier alpha value is -2.44. The molecule has 0 saturated heterocycles. The fourth-order valence-electron chi connectivity index (χ4n) is 5.22. The third kappa shape index (κ3) is 4.14. The molecule has 5 rings (SSSR count). The third-order valence-corrected chi connectivity index (χ3v) is 7.52. The molecule has 1 saturated carbocycles. The summed E-state index contributed by atoms with van der Waals surface area (Å²) in [5.41, 5.74) is 9.09. The minimum absolute atomic E-state index is 0.0474. The lowest BCUT2D eigenvalue weighted by molar-refractivity contribution is 0.0912. The van der Waals surface area contributed by atoms with E-state index in [-0.39, 0.29) is 11.2 Å². The Morgan fingerprint density at radius 3 is 2.59 bits per heavy atom. The summed E-state index contributed by atoms with van der Waals surface area (Å²) < 4.78 is 2.26. The Morgan fingerprint density at radius 2 is 1.88 bits per heavy atom. The van der Waals surface area contributed by atoms with E-state index in [1.807, 2.05) is 12.1 Å². The normalized spacial score (nSPS) is 18.1. The van der Waals surface area contributed by atoms with E-state index in [2.05, 4.69) is 47.0 Å². The van der Waals surface area contributed by atoms with Gasteiger partial charge in [0.2, 0.25) is 0 Å². The molecule has 0 aliphatic heterocycles. The van der Waals surface area contributed by atoms with Crippen LogP contribution in [0, 0.1) is 5.41 Å². The molecule has 6 heteroatoms. The quantitative estimate of drug-likeness (QED) is 0.479. The summed E-state index contributed by atoms with van der Waals surface area (Å²) in [5, 5.41) is 6.77. The van der Waals surface area contributed by atoms with Gasteiger partial charge in [-0.05, 0) is 61.4 Å². The van der Waals surface area contributed by atoms with Gasteiger partial charge in [0.1, 0.15) is 4.83 Å². The second-order valence-corrected chi connectivity index (χ2v) is 10.5. The average Bonchev–Trinajstić information content (AvgIpc) is 3.35. The Kier molecular flexibility index (Phi) is 6.54. The highest BCUT2D eigenvalue weighted by molar-refractivity contribution is 7.17. The van der Waals surface area contributed by atoms with Crippen LogP contribution < -0.4 is 11.1 Å². The number of nitrogens with zero attached hydrogens (tertiary/aromatic N) is 1. The lowest BCUT2D eigenvalue weighted by Crippen LogP contribution is -2.28. The standard InChI is InChI=1S/C25H28N2O2S.CH5N/c1-25(2)13-21-23(22(29)14-25)19-10-11-30-24(19)27(21)18-9-8-16(15-28)20(12-18)26-17-6-4-3-5-7-17;1-2/h8-12,15,17,26H,3-7,13-14H2,1-2H3;2H2,1H3. The zero-order valence-corrected chi connectivity index (χ0v) is 20.1. The number of thiophene rings is 1. The molecule has 2 aromatic heterocycles. The minimum atomic E-state index is -0.0474. The summed E-state index contributed by atoms with van der Waals surface area (Å²) >= 11 is 1.68. The van der Waals surface area contributed by atoms with Crippen molar-refractivity contribution in [2.45, 2.75) is 64.8 Å². The van der Waals surface area contributed by atoms with Crippen LogP contribution in [-0.4, -0.2) is 29.7 Å². The van der Waals surface area contributed by atoms with Gasteiger partial charge in [-0.3, -0.25) is 9.59 Å². The van der Waals surface area contributed by atoms with Crippen LogP contribution in [-0.2, 0) is 6.42 Å². The smallest absolute Gasteiger partial charge is 0.165 e. The SMILES string of the molecule is CC1(C)CC(=O)c2c(n(-c3ccc(C=O)c(NC4CCCCC4)c3)c3sccc23)C1.CN. The highest BCUT2D eigenvalue weighted by atomic mass is 32.1. The van der Waals surface area contributed by atoms with Crippen molar-refractivity contribution in [3.63, 3.8) is 0 Å². The molecule has 32 heavy (non-hydrogen) atoms. The number of fused-ring (bicyclic) bond motifs is 3. The van der Waals surface area contributed by atoms with Crippen molar-refractivity contribution >= 4 is 39.3 Å². The van der Waals surface area contributed by atoms with Crippen LogP contribution in [0.4, 0.5) is 5.69 Å². The van der Waals surface area contributed by atoms with Gasteiger partial charge in [-0.25, -0.2) is 0 Å². The molecule has 0 amide bonds. The number of rotatable bonds is 4. The van der Waals surface area contributed by atoms with Crippen LogP contribution in [0.1, 0.15) is 78.8 Å². The van der Waals surface area contributed by atoms with Gasteiger partial charge in [0, 0.05) is 46.0 Å². The molecule has 0 bridgehead atoms. The Labute approximate surface area is 194 Å². The second kappa shape index (κ2) is 9.20. The molecule has 3 aromatic rings. The van der Waals surface area contributed by atoms with Gasteiger partial charge in [-0.1, -0.05) is 33.1 Å². The maximum atomic E-state index is 13.0. The number of carbonyl (C=O) groups is 2. The predicted octanol–water partition coefficient (Wildman–Crippen LogP) is 5.98. The summed E-state index contributed by atoms with van der Waals surface area (Å²) in [7, 11) is 1.50. The number of Topliss-reactive ketones (excluding diaryl/α,β-unsaturated/α-hetero) is 1. The molecule has 0 spiro atoms. The van der Waals surface area contributed by atoms with Gasteiger partial charge in [0.25, 0.3) is 0 Å². The van der Waals surface area contributed by atoms with Crippen LogP contribution in [0.3, 0.4) is 0 Å². The molecule has 0 atom stereocenters. The number of nitrogens with one attached hydrogen (secondary N) is 1. The number of ketones is 1. The maximum Gasteiger partial charge on any atom is 0.165 e. The van der Waals surface area contributed by atoms with Gasteiger partial charge in [-0.2, -0.15) is 0 Å². The Balaban J connectivity index is 0.00000119. The molecule has 2 aliphatic rings. The summed E-state index contributed by atoms with van der Waals surface area (Å²) in [4.78, 5) is 25.8. The fraction of sp³-hybridized carbons (Fsp3) is 0.462. The topological polar surface area (TPSA) is 77.1 Å². The summed E-state index contributed by atoms with van der Waals surface area (Å²) in [6.45, 7) is 4.34. The molecule has 2 aliphatic carbocycles. The van der Waals surface area contributed by atoms with E-state index in [0.29, 0.717) is 18.0 Å².